The number of nitrogens with one attached hydrogen (secondary N) is 1. The number of para-hydroxylation sites is 1. The summed E-state index contributed by atoms with van der Waals surface area (Å²) < 4.78 is 5.05. The van der Waals surface area contributed by atoms with E-state index in [2.05, 4.69) is 5.32 Å². The standard InChI is InChI=1S/C22H22N2O5/c1-13(2)15-8-6-7-11-18(15)23-19(25)12-29-22(28)14(3)24-20(26)16-9-4-5-10-17(16)21(24)27/h4-11,13-14H,12H2,1-3H3,(H,23,25)/t14-/m1/s1. The quantitative estimate of drug-likeness (QED) is 0.601. The minimum atomic E-state index is -1.14. The van der Waals surface area contributed by atoms with Gasteiger partial charge in [0, 0.05) is 5.69 Å². The first-order valence-electron chi connectivity index (χ1n) is 9.33. The van der Waals surface area contributed by atoms with Crippen LogP contribution >= 0.6 is 0 Å². The molecule has 0 fully saturated rings. The van der Waals surface area contributed by atoms with Crippen molar-refractivity contribution in [2.24, 2.45) is 0 Å². The zero-order valence-corrected chi connectivity index (χ0v) is 16.5. The number of ether oxygens (including phenoxy) is 1. The maximum Gasteiger partial charge on any atom is 0.329 e. The third kappa shape index (κ3) is 4.03. The van der Waals surface area contributed by atoms with E-state index >= 15 is 0 Å². The van der Waals surface area contributed by atoms with Crippen LogP contribution in [0.5, 0.6) is 0 Å². The fraction of sp³-hybridized carbons (Fsp3) is 0.273. The number of fused-ring (bicyclic) bond motifs is 1. The molecule has 0 aromatic heterocycles. The Morgan fingerprint density at radius 1 is 0.931 bits per heavy atom. The van der Waals surface area contributed by atoms with E-state index in [0.29, 0.717) is 5.69 Å². The summed E-state index contributed by atoms with van der Waals surface area (Å²) >= 11 is 0. The zero-order chi connectivity index (χ0) is 21.1. The molecule has 7 heteroatoms. The normalized spacial score (nSPS) is 14.0. The first-order valence-corrected chi connectivity index (χ1v) is 9.33. The summed E-state index contributed by atoms with van der Waals surface area (Å²) in [4.78, 5) is 50.3. The van der Waals surface area contributed by atoms with Crippen LogP contribution in [0.25, 0.3) is 0 Å². The van der Waals surface area contributed by atoms with Gasteiger partial charge in [0.1, 0.15) is 6.04 Å². The lowest BCUT2D eigenvalue weighted by Crippen LogP contribution is -2.44. The van der Waals surface area contributed by atoms with Crippen molar-refractivity contribution in [3.8, 4) is 0 Å². The molecule has 0 spiro atoms. The number of nitrogens with zero attached hydrogens (tertiary/aromatic N) is 1. The maximum atomic E-state index is 12.5. The predicted molar refractivity (Wildman–Crippen MR) is 107 cm³/mol. The van der Waals surface area contributed by atoms with Crippen molar-refractivity contribution < 1.29 is 23.9 Å². The minimum absolute atomic E-state index is 0.211. The molecule has 0 saturated heterocycles. The Hall–Kier alpha value is -3.48. The number of hydrogen-bond donors (Lipinski definition) is 1. The highest BCUT2D eigenvalue weighted by molar-refractivity contribution is 6.22. The number of esters is 1. The molecule has 0 radical (unpaired) electrons. The molecule has 3 rings (SSSR count). The van der Waals surface area contributed by atoms with E-state index in [1.54, 1.807) is 24.3 Å². The molecule has 0 unspecified atom stereocenters. The van der Waals surface area contributed by atoms with Crippen molar-refractivity contribution in [1.29, 1.82) is 0 Å². The molecule has 1 atom stereocenters. The summed E-state index contributed by atoms with van der Waals surface area (Å²) in [6, 6.07) is 12.6. The highest BCUT2D eigenvalue weighted by atomic mass is 16.5. The van der Waals surface area contributed by atoms with Crippen molar-refractivity contribution in [3.05, 3.63) is 65.2 Å². The van der Waals surface area contributed by atoms with E-state index in [-0.39, 0.29) is 17.0 Å². The minimum Gasteiger partial charge on any atom is -0.454 e. The van der Waals surface area contributed by atoms with Crippen molar-refractivity contribution in [2.75, 3.05) is 11.9 Å². The first kappa shape index (κ1) is 20.3. The third-order valence-electron chi connectivity index (χ3n) is 4.76. The van der Waals surface area contributed by atoms with E-state index < -0.39 is 36.3 Å². The van der Waals surface area contributed by atoms with Gasteiger partial charge in [-0.05, 0) is 36.6 Å². The molecular formula is C22H22N2O5. The largest absolute Gasteiger partial charge is 0.454 e. The van der Waals surface area contributed by atoms with Crippen molar-refractivity contribution in [3.63, 3.8) is 0 Å². The van der Waals surface area contributed by atoms with E-state index in [9.17, 15) is 19.2 Å². The van der Waals surface area contributed by atoms with Gasteiger partial charge in [-0.2, -0.15) is 0 Å². The summed E-state index contributed by atoms with van der Waals surface area (Å²) in [5, 5.41) is 2.72. The number of carbonyl (C=O) groups is 4. The van der Waals surface area contributed by atoms with Crippen molar-refractivity contribution in [2.45, 2.75) is 32.7 Å². The molecule has 2 aromatic rings. The maximum absolute atomic E-state index is 12.5. The fourth-order valence-corrected chi connectivity index (χ4v) is 3.22. The second-order valence-electron chi connectivity index (χ2n) is 7.10. The second-order valence-corrected chi connectivity index (χ2v) is 7.10. The number of benzene rings is 2. The van der Waals surface area contributed by atoms with Gasteiger partial charge in [0.25, 0.3) is 17.7 Å². The van der Waals surface area contributed by atoms with E-state index in [0.717, 1.165) is 10.5 Å². The Labute approximate surface area is 168 Å². The van der Waals surface area contributed by atoms with Crippen LogP contribution in [0.1, 0.15) is 53.0 Å². The molecule has 1 heterocycles. The Bertz CT molecular complexity index is 948. The molecule has 7 nitrogen and oxygen atoms in total. The van der Waals surface area contributed by atoms with Crippen LogP contribution in [0, 0.1) is 0 Å². The summed E-state index contributed by atoms with van der Waals surface area (Å²) in [5.74, 6) is -2.22. The Balaban J connectivity index is 1.61. The van der Waals surface area contributed by atoms with Gasteiger partial charge in [0.2, 0.25) is 0 Å². The van der Waals surface area contributed by atoms with E-state index in [1.807, 2.05) is 26.0 Å². The third-order valence-corrected chi connectivity index (χ3v) is 4.76. The molecule has 150 valence electrons. The number of hydrogen-bond acceptors (Lipinski definition) is 5. The average molecular weight is 394 g/mol. The zero-order valence-electron chi connectivity index (χ0n) is 16.5. The number of carbonyl (C=O) groups excluding carboxylic acids is 4. The SMILES string of the molecule is CC(C)c1ccccc1NC(=O)COC(=O)[C@@H](C)N1C(=O)c2ccccc2C1=O. The van der Waals surface area contributed by atoms with Crippen LogP contribution in [0.4, 0.5) is 5.69 Å². The molecule has 29 heavy (non-hydrogen) atoms. The summed E-state index contributed by atoms with van der Waals surface area (Å²) in [5.41, 5.74) is 2.11. The van der Waals surface area contributed by atoms with Gasteiger partial charge in [-0.15, -0.1) is 0 Å². The van der Waals surface area contributed by atoms with Crippen LogP contribution < -0.4 is 5.32 Å². The van der Waals surface area contributed by atoms with Gasteiger partial charge in [-0.3, -0.25) is 19.3 Å². The van der Waals surface area contributed by atoms with Crippen molar-refractivity contribution in [1.82, 2.24) is 4.90 Å². The highest BCUT2D eigenvalue weighted by Crippen LogP contribution is 2.25. The molecular weight excluding hydrogens is 372 g/mol. The second kappa shape index (κ2) is 8.26. The summed E-state index contributed by atoms with van der Waals surface area (Å²) in [6.07, 6.45) is 0. The molecule has 1 N–H and O–H groups in total. The lowest BCUT2D eigenvalue weighted by molar-refractivity contribution is -0.150. The monoisotopic (exact) mass is 394 g/mol. The topological polar surface area (TPSA) is 92.8 Å². The number of imide groups is 1. The van der Waals surface area contributed by atoms with E-state index in [4.69, 9.17) is 4.74 Å². The van der Waals surface area contributed by atoms with Crippen LogP contribution in [0.2, 0.25) is 0 Å². The fourth-order valence-electron chi connectivity index (χ4n) is 3.22. The highest BCUT2D eigenvalue weighted by Gasteiger charge is 2.41. The Morgan fingerprint density at radius 2 is 1.48 bits per heavy atom. The van der Waals surface area contributed by atoms with Gasteiger partial charge in [0.05, 0.1) is 11.1 Å². The molecule has 0 bridgehead atoms. The van der Waals surface area contributed by atoms with Crippen LogP contribution in [0.15, 0.2) is 48.5 Å². The number of rotatable bonds is 6. The van der Waals surface area contributed by atoms with Gasteiger partial charge >= 0.3 is 5.97 Å². The van der Waals surface area contributed by atoms with Crippen LogP contribution in [-0.4, -0.2) is 41.2 Å². The number of anilines is 1. The molecule has 0 aliphatic carbocycles. The van der Waals surface area contributed by atoms with Crippen LogP contribution in [-0.2, 0) is 14.3 Å². The molecule has 0 saturated carbocycles. The molecule has 2 aromatic carbocycles. The molecule has 3 amide bonds. The van der Waals surface area contributed by atoms with Crippen LogP contribution in [0.3, 0.4) is 0 Å². The molecule has 1 aliphatic rings. The summed E-state index contributed by atoms with van der Waals surface area (Å²) in [7, 11) is 0. The molecule has 1 aliphatic heterocycles. The average Bonchev–Trinajstić information content (AvgIpc) is 2.96. The first-order chi connectivity index (χ1) is 13.8. The van der Waals surface area contributed by atoms with Gasteiger partial charge in [0.15, 0.2) is 6.61 Å². The Morgan fingerprint density at radius 3 is 2.07 bits per heavy atom. The van der Waals surface area contributed by atoms with Gasteiger partial charge in [-0.25, -0.2) is 4.79 Å². The van der Waals surface area contributed by atoms with Crippen molar-refractivity contribution >= 4 is 29.4 Å². The summed E-state index contributed by atoms with van der Waals surface area (Å²) in [6.45, 7) is 4.90. The lowest BCUT2D eigenvalue weighted by atomic mass is 10.0. The van der Waals surface area contributed by atoms with Gasteiger partial charge in [-0.1, -0.05) is 44.2 Å². The number of amides is 3. The Kier molecular flexibility index (Phi) is 5.77. The van der Waals surface area contributed by atoms with Gasteiger partial charge < -0.3 is 10.1 Å². The smallest absolute Gasteiger partial charge is 0.329 e. The predicted octanol–water partition coefficient (Wildman–Crippen LogP) is 2.98. The van der Waals surface area contributed by atoms with E-state index in [1.165, 1.54) is 19.1 Å². The lowest BCUT2D eigenvalue weighted by Gasteiger charge is -2.21.